The Hall–Kier alpha value is -3.54. The molecule has 0 bridgehead atoms. The van der Waals surface area contributed by atoms with Gasteiger partial charge >= 0.3 is 5.76 Å². The molecule has 0 aliphatic heterocycles. The van der Waals surface area contributed by atoms with Crippen molar-refractivity contribution in [2.24, 2.45) is 0 Å². The summed E-state index contributed by atoms with van der Waals surface area (Å²) in [7, 11) is -4.23. The normalized spacial score (nSPS) is 11.8. The molecule has 0 spiro atoms. The maximum absolute atomic E-state index is 13.8. The van der Waals surface area contributed by atoms with Crippen molar-refractivity contribution in [1.82, 2.24) is 14.7 Å². The van der Waals surface area contributed by atoms with Crippen molar-refractivity contribution < 1.29 is 26.1 Å². The van der Waals surface area contributed by atoms with Gasteiger partial charge in [-0.2, -0.15) is 4.98 Å². The zero-order valence-electron chi connectivity index (χ0n) is 15.4. The van der Waals surface area contributed by atoms with Crippen LogP contribution in [-0.2, 0) is 23.0 Å². The van der Waals surface area contributed by atoms with Crippen molar-refractivity contribution in [2.45, 2.75) is 24.8 Å². The van der Waals surface area contributed by atoms with Gasteiger partial charge in [0.1, 0.15) is 11.6 Å². The number of rotatable bonds is 6. The number of aromatic nitrogens is 3. The molecule has 2 heterocycles. The number of hydrogen-bond acceptors (Lipinski definition) is 7. The maximum Gasteiger partial charge on any atom is 0.420 e. The van der Waals surface area contributed by atoms with Gasteiger partial charge in [-0.05, 0) is 24.3 Å². The Kier molecular flexibility index (Phi) is 4.86. The van der Waals surface area contributed by atoms with Crippen LogP contribution in [0.1, 0.15) is 18.6 Å². The molecule has 1 N–H and O–H groups in total. The first-order chi connectivity index (χ1) is 14.3. The van der Waals surface area contributed by atoms with E-state index < -0.39 is 33.1 Å². The molecule has 9 nitrogen and oxygen atoms in total. The Labute approximate surface area is 168 Å². The summed E-state index contributed by atoms with van der Waals surface area (Å²) in [5.74, 6) is -1.96. The van der Waals surface area contributed by atoms with Gasteiger partial charge in [0.05, 0.1) is 22.6 Å². The first kappa shape index (κ1) is 19.8. The lowest BCUT2D eigenvalue weighted by atomic mass is 10.3. The average molecular weight is 436 g/mol. The summed E-state index contributed by atoms with van der Waals surface area (Å²) in [4.78, 5) is 16.1. The molecule has 4 aromatic rings. The largest absolute Gasteiger partial charge is 0.420 e. The van der Waals surface area contributed by atoms with Crippen LogP contribution in [0.3, 0.4) is 0 Å². The van der Waals surface area contributed by atoms with E-state index in [1.807, 2.05) is 11.6 Å². The van der Waals surface area contributed by atoms with Crippen LogP contribution < -0.4 is 10.5 Å². The number of hydrogen-bond donors (Lipinski definition) is 1. The number of aryl methyl sites for hydroxylation is 1. The smallest absolute Gasteiger partial charge is 0.408 e. The molecule has 30 heavy (non-hydrogen) atoms. The summed E-state index contributed by atoms with van der Waals surface area (Å²) in [6.45, 7) is 1.81. The zero-order chi connectivity index (χ0) is 21.5. The van der Waals surface area contributed by atoms with E-state index in [1.54, 1.807) is 0 Å². The van der Waals surface area contributed by atoms with E-state index >= 15 is 0 Å². The summed E-state index contributed by atoms with van der Waals surface area (Å²) in [6, 6.07) is 6.17. The highest BCUT2D eigenvalue weighted by Crippen LogP contribution is 2.23. The van der Waals surface area contributed by atoms with Crippen LogP contribution in [0.2, 0.25) is 0 Å². The van der Waals surface area contributed by atoms with Crippen molar-refractivity contribution in [1.29, 1.82) is 0 Å². The van der Waals surface area contributed by atoms with Gasteiger partial charge in [-0.25, -0.2) is 22.0 Å². The van der Waals surface area contributed by atoms with Crippen LogP contribution in [0, 0.1) is 11.6 Å². The lowest BCUT2D eigenvalue weighted by Crippen LogP contribution is -2.16. The van der Waals surface area contributed by atoms with Crippen LogP contribution >= 0.6 is 0 Å². The standard InChI is InChI=1S/C18H14F2N4O5S/c1-2-17-21-16(22-29-17)9-24-14-6-4-11(8-15(14)28-18(24)25)30(26,27)23-13-5-3-10(19)7-12(13)20/h3-8,23H,2,9H2,1H3. The highest BCUT2D eigenvalue weighted by Gasteiger charge is 2.20. The molecule has 0 aliphatic carbocycles. The summed E-state index contributed by atoms with van der Waals surface area (Å²) >= 11 is 0. The first-order valence-corrected chi connectivity index (χ1v) is 10.2. The van der Waals surface area contributed by atoms with E-state index in [4.69, 9.17) is 8.94 Å². The van der Waals surface area contributed by atoms with Gasteiger partial charge in [-0.3, -0.25) is 9.29 Å². The van der Waals surface area contributed by atoms with E-state index in [1.165, 1.54) is 16.7 Å². The number of benzene rings is 2. The fourth-order valence-electron chi connectivity index (χ4n) is 2.78. The average Bonchev–Trinajstić information content (AvgIpc) is 3.28. The number of sulfonamides is 1. The molecule has 0 saturated heterocycles. The van der Waals surface area contributed by atoms with Crippen molar-refractivity contribution >= 4 is 26.8 Å². The number of nitrogens with one attached hydrogen (secondary N) is 1. The number of fused-ring (bicyclic) bond motifs is 1. The van der Waals surface area contributed by atoms with E-state index in [2.05, 4.69) is 10.1 Å². The summed E-state index contributed by atoms with van der Waals surface area (Å²) in [5, 5.41) is 3.77. The van der Waals surface area contributed by atoms with E-state index in [-0.39, 0.29) is 22.8 Å². The van der Waals surface area contributed by atoms with Crippen molar-refractivity contribution in [3.8, 4) is 0 Å². The van der Waals surface area contributed by atoms with Gasteiger partial charge in [0.25, 0.3) is 10.0 Å². The number of anilines is 1. The van der Waals surface area contributed by atoms with Gasteiger partial charge in [-0.1, -0.05) is 12.1 Å². The van der Waals surface area contributed by atoms with Crippen LogP contribution in [0.25, 0.3) is 11.1 Å². The molecule has 2 aromatic heterocycles. The second-order valence-corrected chi connectivity index (χ2v) is 7.95. The molecule has 0 amide bonds. The van der Waals surface area contributed by atoms with Crippen molar-refractivity contribution in [3.05, 3.63) is 70.3 Å². The van der Waals surface area contributed by atoms with Gasteiger partial charge in [0.2, 0.25) is 5.89 Å². The predicted molar refractivity (Wildman–Crippen MR) is 100 cm³/mol. The van der Waals surface area contributed by atoms with Crippen LogP contribution in [0.15, 0.2) is 55.0 Å². The Bertz CT molecular complexity index is 1410. The third kappa shape index (κ3) is 3.68. The molecule has 2 aromatic carbocycles. The number of nitrogens with zero attached hydrogens (tertiary/aromatic N) is 3. The minimum atomic E-state index is -4.23. The fourth-order valence-corrected chi connectivity index (χ4v) is 3.86. The quantitative estimate of drug-likeness (QED) is 0.493. The zero-order valence-corrected chi connectivity index (χ0v) is 16.2. The molecule has 4 rings (SSSR count). The lowest BCUT2D eigenvalue weighted by molar-refractivity contribution is 0.375. The monoisotopic (exact) mass is 436 g/mol. The summed E-state index contributed by atoms with van der Waals surface area (Å²) in [6.07, 6.45) is 0.539. The molecule has 12 heteroatoms. The number of halogens is 2. The lowest BCUT2D eigenvalue weighted by Gasteiger charge is -2.09. The highest BCUT2D eigenvalue weighted by atomic mass is 32.2. The second kappa shape index (κ2) is 7.37. The molecular weight excluding hydrogens is 422 g/mol. The highest BCUT2D eigenvalue weighted by molar-refractivity contribution is 7.92. The molecule has 0 saturated carbocycles. The topological polar surface area (TPSA) is 120 Å². The Morgan fingerprint density at radius 3 is 2.67 bits per heavy atom. The van der Waals surface area contributed by atoms with Crippen LogP contribution in [0.4, 0.5) is 14.5 Å². The van der Waals surface area contributed by atoms with Crippen molar-refractivity contribution in [2.75, 3.05) is 4.72 Å². The second-order valence-electron chi connectivity index (χ2n) is 6.27. The molecule has 0 aliphatic rings. The summed E-state index contributed by atoms with van der Waals surface area (Å²) in [5.41, 5.74) is -0.101. The van der Waals surface area contributed by atoms with Gasteiger partial charge in [0.15, 0.2) is 11.4 Å². The Morgan fingerprint density at radius 1 is 1.17 bits per heavy atom. The molecule has 0 unspecified atom stereocenters. The third-order valence-corrected chi connectivity index (χ3v) is 5.60. The van der Waals surface area contributed by atoms with Gasteiger partial charge in [0, 0.05) is 18.6 Å². The Balaban J connectivity index is 1.67. The SMILES string of the molecule is CCc1nc(Cn2c(=O)oc3cc(S(=O)(=O)Nc4ccc(F)cc4F)ccc32)no1. The molecular formula is C18H14F2N4O5S. The minimum absolute atomic E-state index is 0.00154. The van der Waals surface area contributed by atoms with Crippen LogP contribution in [-0.4, -0.2) is 23.1 Å². The van der Waals surface area contributed by atoms with Gasteiger partial charge in [-0.15, -0.1) is 0 Å². The molecule has 0 fully saturated rings. The maximum atomic E-state index is 13.8. The third-order valence-electron chi connectivity index (χ3n) is 4.24. The molecule has 0 atom stereocenters. The van der Waals surface area contributed by atoms with E-state index in [0.29, 0.717) is 23.9 Å². The van der Waals surface area contributed by atoms with Gasteiger partial charge < -0.3 is 8.94 Å². The minimum Gasteiger partial charge on any atom is -0.408 e. The number of oxazole rings is 1. The van der Waals surface area contributed by atoms with Crippen molar-refractivity contribution in [3.63, 3.8) is 0 Å². The van der Waals surface area contributed by atoms with Crippen LogP contribution in [0.5, 0.6) is 0 Å². The van der Waals surface area contributed by atoms with E-state index in [9.17, 15) is 22.0 Å². The molecule has 0 radical (unpaired) electrons. The van der Waals surface area contributed by atoms with E-state index in [0.717, 1.165) is 18.2 Å². The Morgan fingerprint density at radius 2 is 1.97 bits per heavy atom. The first-order valence-electron chi connectivity index (χ1n) is 8.69. The molecule has 156 valence electrons. The predicted octanol–water partition coefficient (Wildman–Crippen LogP) is 2.67. The fraction of sp³-hybridized carbons (Fsp3) is 0.167. The summed E-state index contributed by atoms with van der Waals surface area (Å²) < 4.78 is 65.4.